The normalized spacial score (nSPS) is 44.9. The summed E-state index contributed by atoms with van der Waals surface area (Å²) in [5, 5.41) is 8.91. The molecule has 0 heterocycles. The van der Waals surface area contributed by atoms with Crippen LogP contribution in [-0.4, -0.2) is 5.66 Å². The average molecular weight is 237 g/mol. The van der Waals surface area contributed by atoms with Gasteiger partial charge in [0.1, 0.15) is 0 Å². The van der Waals surface area contributed by atoms with E-state index in [0.717, 1.165) is 36.3 Å². The van der Waals surface area contributed by atoms with E-state index in [4.69, 9.17) is 5.26 Å². The Kier molecular flexibility index (Phi) is 4.26. The highest BCUT2D eigenvalue weighted by Crippen LogP contribution is 2.43. The van der Waals surface area contributed by atoms with Crippen LogP contribution in [0.1, 0.15) is 51.9 Å². The number of nitriles is 1. The van der Waals surface area contributed by atoms with Crippen molar-refractivity contribution in [2.45, 2.75) is 57.5 Å². The quantitative estimate of drug-likeness (QED) is 0.632. The van der Waals surface area contributed by atoms with Gasteiger partial charge in [0.2, 0.25) is 0 Å². The van der Waals surface area contributed by atoms with Crippen LogP contribution in [-0.2, 0) is 0 Å². The van der Waals surface area contributed by atoms with Gasteiger partial charge in [0, 0.05) is 5.92 Å². The number of nitrogens with zero attached hydrogens (tertiary/aromatic N) is 1. The molecule has 0 radical (unpaired) electrons. The van der Waals surface area contributed by atoms with E-state index in [-0.39, 0.29) is 0 Å². The van der Waals surface area contributed by atoms with Crippen LogP contribution in [0.15, 0.2) is 0 Å². The summed E-state index contributed by atoms with van der Waals surface area (Å²) in [6.07, 6.45) is 9.21. The third-order valence-electron chi connectivity index (χ3n) is 4.92. The molecule has 0 spiro atoms. The van der Waals surface area contributed by atoms with Gasteiger partial charge in [-0.2, -0.15) is 5.26 Å². The van der Waals surface area contributed by atoms with Crippen LogP contribution in [0.2, 0.25) is 0 Å². The second-order valence-corrected chi connectivity index (χ2v) is 6.81. The Balaban J connectivity index is 1.83. The average Bonchev–Trinajstić information content (AvgIpc) is 2.33. The molecule has 4 atom stereocenters. The smallest absolute Gasteiger partial charge is 0.0655 e. The Bertz CT molecular complexity index is 262. The van der Waals surface area contributed by atoms with Crippen LogP contribution in [0.3, 0.4) is 0 Å². The van der Waals surface area contributed by atoms with E-state index in [1.165, 1.54) is 32.1 Å². The molecular formula is C14H24NP. The summed E-state index contributed by atoms with van der Waals surface area (Å²) in [5.41, 5.74) is 0.840. The van der Waals surface area contributed by atoms with Crippen molar-refractivity contribution in [2.24, 2.45) is 23.7 Å². The number of rotatable bonds is 1. The predicted octanol–water partition coefficient (Wildman–Crippen LogP) is 4.00. The summed E-state index contributed by atoms with van der Waals surface area (Å²) >= 11 is 0. The summed E-state index contributed by atoms with van der Waals surface area (Å²) in [7, 11) is 3.05. The van der Waals surface area contributed by atoms with Crippen LogP contribution < -0.4 is 0 Å². The summed E-state index contributed by atoms with van der Waals surface area (Å²) in [6.45, 7) is 2.39. The molecule has 16 heavy (non-hydrogen) atoms. The lowest BCUT2D eigenvalue weighted by Gasteiger charge is -2.38. The van der Waals surface area contributed by atoms with E-state index in [1.54, 1.807) is 0 Å². The molecule has 4 unspecified atom stereocenters. The van der Waals surface area contributed by atoms with Crippen molar-refractivity contribution >= 4 is 9.24 Å². The van der Waals surface area contributed by atoms with Gasteiger partial charge < -0.3 is 0 Å². The van der Waals surface area contributed by atoms with Crippen LogP contribution >= 0.6 is 9.24 Å². The summed E-state index contributed by atoms with van der Waals surface area (Å²) in [5.74, 6) is 3.15. The molecule has 0 amide bonds. The van der Waals surface area contributed by atoms with Gasteiger partial charge in [-0.25, -0.2) is 0 Å². The largest absolute Gasteiger partial charge is 0.198 e. The maximum atomic E-state index is 8.91. The van der Waals surface area contributed by atoms with E-state index in [0.29, 0.717) is 5.92 Å². The van der Waals surface area contributed by atoms with Gasteiger partial charge in [-0.05, 0) is 68.4 Å². The minimum atomic E-state index is 0.366. The van der Waals surface area contributed by atoms with E-state index < -0.39 is 0 Å². The molecule has 0 saturated heterocycles. The first kappa shape index (κ1) is 12.4. The van der Waals surface area contributed by atoms with Crippen molar-refractivity contribution in [2.75, 3.05) is 0 Å². The molecule has 2 aliphatic rings. The highest BCUT2D eigenvalue weighted by Gasteiger charge is 2.32. The first-order valence-corrected chi connectivity index (χ1v) is 7.52. The zero-order valence-electron chi connectivity index (χ0n) is 10.4. The molecular weight excluding hydrogens is 213 g/mol. The molecule has 2 rings (SSSR count). The van der Waals surface area contributed by atoms with Crippen LogP contribution in [0.5, 0.6) is 0 Å². The SMILES string of the molecule is CC1CCC(C2CCC(C#N)CC2)CC1P. The second kappa shape index (κ2) is 5.50. The lowest BCUT2D eigenvalue weighted by molar-refractivity contribution is 0.165. The Labute approximate surface area is 102 Å². The molecule has 2 heteroatoms. The van der Waals surface area contributed by atoms with Gasteiger partial charge in [-0.1, -0.05) is 6.92 Å². The third kappa shape index (κ3) is 2.78. The molecule has 0 aromatic heterocycles. The molecule has 0 aromatic carbocycles. The summed E-state index contributed by atoms with van der Waals surface area (Å²) in [6, 6.07) is 2.44. The van der Waals surface area contributed by atoms with Gasteiger partial charge in [0.25, 0.3) is 0 Å². The maximum Gasteiger partial charge on any atom is 0.0655 e. The molecule has 0 aliphatic heterocycles. The number of hydrogen-bond donors (Lipinski definition) is 0. The fourth-order valence-electron chi connectivity index (χ4n) is 3.54. The standard InChI is InChI=1S/C14H24NP/c1-10-2-5-13(8-14(10)16)12-6-3-11(9-15)4-7-12/h10-14H,2-8,16H2,1H3. The summed E-state index contributed by atoms with van der Waals surface area (Å²) in [4.78, 5) is 0. The fraction of sp³-hybridized carbons (Fsp3) is 0.929. The molecule has 0 bridgehead atoms. The first-order chi connectivity index (χ1) is 7.70. The van der Waals surface area contributed by atoms with Crippen molar-refractivity contribution in [3.8, 4) is 6.07 Å². The van der Waals surface area contributed by atoms with Gasteiger partial charge in [-0.15, -0.1) is 9.24 Å². The molecule has 0 N–H and O–H groups in total. The lowest BCUT2D eigenvalue weighted by atomic mass is 9.69. The Morgan fingerprint density at radius 2 is 1.62 bits per heavy atom. The van der Waals surface area contributed by atoms with E-state index in [2.05, 4.69) is 22.2 Å². The maximum absolute atomic E-state index is 8.91. The lowest BCUT2D eigenvalue weighted by Crippen LogP contribution is -2.30. The van der Waals surface area contributed by atoms with Crippen LogP contribution in [0.25, 0.3) is 0 Å². The first-order valence-electron chi connectivity index (χ1n) is 6.86. The third-order valence-corrected chi connectivity index (χ3v) is 5.85. The minimum Gasteiger partial charge on any atom is -0.198 e. The van der Waals surface area contributed by atoms with E-state index in [9.17, 15) is 0 Å². The predicted molar refractivity (Wildman–Crippen MR) is 71.1 cm³/mol. The van der Waals surface area contributed by atoms with Crippen molar-refractivity contribution in [3.05, 3.63) is 0 Å². The fourth-order valence-corrected chi connectivity index (χ4v) is 4.08. The molecule has 2 aliphatic carbocycles. The van der Waals surface area contributed by atoms with Crippen molar-refractivity contribution < 1.29 is 0 Å². The molecule has 0 aromatic rings. The molecule has 1 nitrogen and oxygen atoms in total. The Hall–Kier alpha value is -0.0800. The second-order valence-electron chi connectivity index (χ2n) is 5.96. The van der Waals surface area contributed by atoms with Crippen molar-refractivity contribution in [1.29, 1.82) is 5.26 Å². The molecule has 90 valence electrons. The Morgan fingerprint density at radius 3 is 2.19 bits per heavy atom. The van der Waals surface area contributed by atoms with E-state index in [1.807, 2.05) is 0 Å². The van der Waals surface area contributed by atoms with Gasteiger partial charge in [0.15, 0.2) is 0 Å². The Morgan fingerprint density at radius 1 is 1.00 bits per heavy atom. The topological polar surface area (TPSA) is 23.8 Å². The van der Waals surface area contributed by atoms with E-state index >= 15 is 0 Å². The number of hydrogen-bond acceptors (Lipinski definition) is 1. The minimum absolute atomic E-state index is 0.366. The highest BCUT2D eigenvalue weighted by atomic mass is 31.0. The summed E-state index contributed by atoms with van der Waals surface area (Å²) < 4.78 is 0. The van der Waals surface area contributed by atoms with Gasteiger partial charge in [0.05, 0.1) is 6.07 Å². The van der Waals surface area contributed by atoms with Gasteiger partial charge in [-0.3, -0.25) is 0 Å². The monoisotopic (exact) mass is 237 g/mol. The zero-order valence-corrected chi connectivity index (χ0v) is 11.5. The highest BCUT2D eigenvalue weighted by molar-refractivity contribution is 7.17. The van der Waals surface area contributed by atoms with Crippen LogP contribution in [0, 0.1) is 35.0 Å². The molecule has 2 saturated carbocycles. The zero-order chi connectivity index (χ0) is 11.5. The molecule has 2 fully saturated rings. The van der Waals surface area contributed by atoms with Gasteiger partial charge >= 0.3 is 0 Å². The van der Waals surface area contributed by atoms with Crippen LogP contribution in [0.4, 0.5) is 0 Å². The van der Waals surface area contributed by atoms with Crippen molar-refractivity contribution in [1.82, 2.24) is 0 Å². The van der Waals surface area contributed by atoms with Crippen molar-refractivity contribution in [3.63, 3.8) is 0 Å².